The second-order valence-corrected chi connectivity index (χ2v) is 10.2. The van der Waals surface area contributed by atoms with Crippen molar-refractivity contribution in [2.45, 2.75) is 39.3 Å². The van der Waals surface area contributed by atoms with Crippen molar-refractivity contribution in [2.24, 2.45) is 0 Å². The Bertz CT molecular complexity index is 1480. The molecule has 4 aromatic rings. The van der Waals surface area contributed by atoms with Crippen LogP contribution < -0.4 is 15.4 Å². The average Bonchev–Trinajstić information content (AvgIpc) is 3.42. The van der Waals surface area contributed by atoms with Gasteiger partial charge in [-0.15, -0.1) is 0 Å². The SMILES string of the molecule is COc1ccc(-n2c(C)cc(C3C(c4ccccn4)NC(=S)N3CCC(=O)Nc3cccc(C)c3)c2C)cc1. The van der Waals surface area contributed by atoms with Crippen LogP contribution in [0.4, 0.5) is 5.69 Å². The Labute approximate surface area is 234 Å². The van der Waals surface area contributed by atoms with Gasteiger partial charge in [-0.05, 0) is 98.7 Å². The van der Waals surface area contributed by atoms with Crippen molar-refractivity contribution in [1.29, 1.82) is 0 Å². The van der Waals surface area contributed by atoms with Crippen LogP contribution in [0.25, 0.3) is 5.69 Å². The monoisotopic (exact) mass is 539 g/mol. The second-order valence-electron chi connectivity index (χ2n) is 9.85. The largest absolute Gasteiger partial charge is 0.497 e. The fourth-order valence-corrected chi connectivity index (χ4v) is 5.70. The van der Waals surface area contributed by atoms with E-state index in [1.165, 1.54) is 0 Å². The Balaban J connectivity index is 1.46. The number of ether oxygens (including phenoxy) is 1. The number of methoxy groups -OCH3 is 1. The number of nitrogens with zero attached hydrogens (tertiary/aromatic N) is 3. The number of aryl methyl sites for hydroxylation is 2. The van der Waals surface area contributed by atoms with Crippen LogP contribution in [-0.4, -0.2) is 39.1 Å². The summed E-state index contributed by atoms with van der Waals surface area (Å²) in [4.78, 5) is 19.7. The number of anilines is 1. The molecule has 1 aliphatic rings. The van der Waals surface area contributed by atoms with Crippen molar-refractivity contribution in [3.8, 4) is 11.4 Å². The number of carbonyl (C=O) groups is 1. The number of hydrogen-bond donors (Lipinski definition) is 2. The number of nitrogens with one attached hydrogen (secondary N) is 2. The van der Waals surface area contributed by atoms with E-state index in [1.54, 1.807) is 13.3 Å². The Hall–Kier alpha value is -4.17. The maximum atomic E-state index is 12.9. The van der Waals surface area contributed by atoms with Gasteiger partial charge in [0, 0.05) is 41.9 Å². The molecule has 2 N–H and O–H groups in total. The summed E-state index contributed by atoms with van der Waals surface area (Å²) in [5.41, 5.74) is 7.24. The van der Waals surface area contributed by atoms with Gasteiger partial charge in [-0.1, -0.05) is 18.2 Å². The first-order chi connectivity index (χ1) is 18.9. The standard InChI is InChI=1S/C31H33N5O2S/c1-20-8-7-9-23(18-20)33-28(37)15-17-35-30(29(34-31(35)39)27-10-5-6-16-32-27)26-19-21(2)36(22(26)3)24-11-13-25(38-4)14-12-24/h5-14,16,18-19,29-30H,15,17H2,1-4H3,(H,33,37)(H,34,39). The molecule has 2 unspecified atom stereocenters. The predicted molar refractivity (Wildman–Crippen MR) is 158 cm³/mol. The fourth-order valence-electron chi connectivity index (χ4n) is 5.37. The molecule has 1 fully saturated rings. The summed E-state index contributed by atoms with van der Waals surface area (Å²) in [6.07, 6.45) is 2.11. The molecule has 1 saturated heterocycles. The van der Waals surface area contributed by atoms with Gasteiger partial charge in [0.25, 0.3) is 0 Å². The van der Waals surface area contributed by atoms with E-state index in [0.717, 1.165) is 45.3 Å². The maximum absolute atomic E-state index is 12.9. The van der Waals surface area contributed by atoms with Gasteiger partial charge < -0.3 is 24.8 Å². The van der Waals surface area contributed by atoms with E-state index >= 15 is 0 Å². The first-order valence-corrected chi connectivity index (χ1v) is 13.4. The number of thiocarbonyl (C=S) groups is 1. The quantitative estimate of drug-likeness (QED) is 0.276. The number of rotatable bonds is 8. The van der Waals surface area contributed by atoms with E-state index in [0.29, 0.717) is 18.1 Å². The van der Waals surface area contributed by atoms with Crippen molar-refractivity contribution in [3.05, 3.63) is 107 Å². The van der Waals surface area contributed by atoms with Gasteiger partial charge in [0.15, 0.2) is 5.11 Å². The summed E-state index contributed by atoms with van der Waals surface area (Å²) in [5, 5.41) is 7.14. The molecular formula is C31H33N5O2S. The van der Waals surface area contributed by atoms with Crippen LogP contribution in [0.15, 0.2) is 79.0 Å². The minimum Gasteiger partial charge on any atom is -0.497 e. The van der Waals surface area contributed by atoms with Gasteiger partial charge in [0.05, 0.1) is 24.9 Å². The molecule has 200 valence electrons. The molecule has 2 aromatic carbocycles. The molecule has 0 spiro atoms. The summed E-state index contributed by atoms with van der Waals surface area (Å²) in [6.45, 7) is 6.72. The molecule has 8 heteroatoms. The van der Waals surface area contributed by atoms with Crippen LogP contribution in [0.1, 0.15) is 46.7 Å². The lowest BCUT2D eigenvalue weighted by molar-refractivity contribution is -0.116. The summed E-state index contributed by atoms with van der Waals surface area (Å²) >= 11 is 5.83. The first-order valence-electron chi connectivity index (χ1n) is 13.0. The van der Waals surface area contributed by atoms with Crippen molar-refractivity contribution in [1.82, 2.24) is 19.8 Å². The van der Waals surface area contributed by atoms with Gasteiger partial charge in [-0.25, -0.2) is 0 Å². The first kappa shape index (κ1) is 26.4. The molecule has 1 aliphatic heterocycles. The zero-order valence-electron chi connectivity index (χ0n) is 22.6. The highest BCUT2D eigenvalue weighted by molar-refractivity contribution is 7.80. The third-order valence-corrected chi connectivity index (χ3v) is 7.55. The maximum Gasteiger partial charge on any atom is 0.226 e. The second kappa shape index (κ2) is 11.3. The third kappa shape index (κ3) is 5.52. The van der Waals surface area contributed by atoms with E-state index < -0.39 is 0 Å². The van der Waals surface area contributed by atoms with Crippen molar-refractivity contribution >= 4 is 28.9 Å². The number of hydrogen-bond acceptors (Lipinski definition) is 4. The molecule has 0 bridgehead atoms. The van der Waals surface area contributed by atoms with Crippen LogP contribution in [0, 0.1) is 20.8 Å². The molecule has 0 saturated carbocycles. The van der Waals surface area contributed by atoms with Gasteiger partial charge in [0.1, 0.15) is 5.75 Å². The highest BCUT2D eigenvalue weighted by Crippen LogP contribution is 2.41. The lowest BCUT2D eigenvalue weighted by Gasteiger charge is -2.28. The van der Waals surface area contributed by atoms with Gasteiger partial charge >= 0.3 is 0 Å². The minimum atomic E-state index is -0.150. The molecule has 3 heterocycles. The molecule has 5 rings (SSSR count). The Kier molecular flexibility index (Phi) is 7.65. The van der Waals surface area contributed by atoms with Crippen LogP contribution in [0.5, 0.6) is 5.75 Å². The number of amides is 1. The highest BCUT2D eigenvalue weighted by atomic mass is 32.1. The fraction of sp³-hybridized carbons (Fsp3) is 0.258. The summed E-state index contributed by atoms with van der Waals surface area (Å²) in [6, 6.07) is 23.7. The van der Waals surface area contributed by atoms with Crippen molar-refractivity contribution < 1.29 is 9.53 Å². The summed E-state index contributed by atoms with van der Waals surface area (Å²) in [7, 11) is 1.67. The number of carbonyl (C=O) groups excluding carboxylic acids is 1. The summed E-state index contributed by atoms with van der Waals surface area (Å²) in [5.74, 6) is 0.768. The predicted octanol–water partition coefficient (Wildman–Crippen LogP) is 5.81. The number of aromatic nitrogens is 2. The molecule has 7 nitrogen and oxygen atoms in total. The molecule has 1 amide bonds. The van der Waals surface area contributed by atoms with E-state index in [-0.39, 0.29) is 18.0 Å². The number of benzene rings is 2. The Morgan fingerprint density at radius 1 is 1.05 bits per heavy atom. The van der Waals surface area contributed by atoms with E-state index in [2.05, 4.69) is 57.1 Å². The number of pyridine rings is 1. The van der Waals surface area contributed by atoms with Crippen LogP contribution in [0.2, 0.25) is 0 Å². The molecule has 39 heavy (non-hydrogen) atoms. The lowest BCUT2D eigenvalue weighted by Crippen LogP contribution is -2.32. The molecule has 0 radical (unpaired) electrons. The lowest BCUT2D eigenvalue weighted by atomic mass is 9.96. The summed E-state index contributed by atoms with van der Waals surface area (Å²) < 4.78 is 7.60. The van der Waals surface area contributed by atoms with E-state index in [4.69, 9.17) is 17.0 Å². The van der Waals surface area contributed by atoms with Crippen LogP contribution in [0.3, 0.4) is 0 Å². The third-order valence-electron chi connectivity index (χ3n) is 7.20. The van der Waals surface area contributed by atoms with E-state index in [1.807, 2.05) is 61.5 Å². The zero-order chi connectivity index (χ0) is 27.5. The molecule has 2 aromatic heterocycles. The van der Waals surface area contributed by atoms with E-state index in [9.17, 15) is 4.79 Å². The van der Waals surface area contributed by atoms with Crippen molar-refractivity contribution in [3.63, 3.8) is 0 Å². The van der Waals surface area contributed by atoms with Gasteiger partial charge in [0.2, 0.25) is 5.91 Å². The average molecular weight is 540 g/mol. The van der Waals surface area contributed by atoms with Crippen LogP contribution in [-0.2, 0) is 4.79 Å². The molecule has 0 aliphatic carbocycles. The zero-order valence-corrected chi connectivity index (χ0v) is 23.5. The smallest absolute Gasteiger partial charge is 0.226 e. The topological polar surface area (TPSA) is 71.4 Å². The Morgan fingerprint density at radius 3 is 2.54 bits per heavy atom. The van der Waals surface area contributed by atoms with Crippen molar-refractivity contribution in [2.75, 3.05) is 19.0 Å². The van der Waals surface area contributed by atoms with Gasteiger partial charge in [-0.2, -0.15) is 0 Å². The highest BCUT2D eigenvalue weighted by Gasteiger charge is 2.41. The molecular weight excluding hydrogens is 506 g/mol. The van der Waals surface area contributed by atoms with Gasteiger partial charge in [-0.3, -0.25) is 9.78 Å². The Morgan fingerprint density at radius 2 is 1.85 bits per heavy atom. The van der Waals surface area contributed by atoms with Crippen LogP contribution >= 0.6 is 12.2 Å². The normalized spacial score (nSPS) is 16.7. The minimum absolute atomic E-state index is 0.0489. The molecule has 2 atom stereocenters.